The summed E-state index contributed by atoms with van der Waals surface area (Å²) < 4.78 is 11.8. The molecule has 1 saturated heterocycles. The highest BCUT2D eigenvalue weighted by atomic mass is 16.7. The molecule has 3 atom stereocenters. The summed E-state index contributed by atoms with van der Waals surface area (Å²) >= 11 is 0. The number of piperidine rings is 1. The first kappa shape index (κ1) is 19.3. The van der Waals surface area contributed by atoms with Gasteiger partial charge in [0.05, 0.1) is 0 Å². The molecule has 0 aromatic carbocycles. The van der Waals surface area contributed by atoms with Gasteiger partial charge in [-0.15, -0.1) is 0 Å². The lowest BCUT2D eigenvalue weighted by atomic mass is 9.78. The Kier molecular flexibility index (Phi) is 7.56. The van der Waals surface area contributed by atoms with Crippen LogP contribution in [0.4, 0.5) is 0 Å². The van der Waals surface area contributed by atoms with Gasteiger partial charge in [0.1, 0.15) is 0 Å². The number of carbonyl (C=O) groups excluding carboxylic acids is 1. The second kappa shape index (κ2) is 9.42. The smallest absolute Gasteiger partial charge is 0.288 e. The van der Waals surface area contributed by atoms with Crippen molar-refractivity contribution >= 4 is 5.91 Å². The van der Waals surface area contributed by atoms with Gasteiger partial charge in [-0.3, -0.25) is 4.79 Å². The number of carbonyl (C=O) groups is 1. The second-order valence-electron chi connectivity index (χ2n) is 7.18. The van der Waals surface area contributed by atoms with Gasteiger partial charge in [-0.1, -0.05) is 13.8 Å². The average Bonchev–Trinajstić information content (AvgIpc) is 2.60. The number of hydrogen-bond donors (Lipinski definition) is 1. The highest BCUT2D eigenvalue weighted by molar-refractivity contribution is 5.91. The highest BCUT2D eigenvalue weighted by Gasteiger charge is 2.39. The largest absolute Gasteiger partial charge is 0.459 e. The van der Waals surface area contributed by atoms with E-state index in [4.69, 9.17) is 9.47 Å². The van der Waals surface area contributed by atoms with Crippen molar-refractivity contribution in [3.8, 4) is 0 Å². The summed E-state index contributed by atoms with van der Waals surface area (Å²) in [6, 6.07) is 0. The number of hydrogen-bond acceptors (Lipinski definition) is 4. The molecule has 5 heteroatoms. The number of nitrogens with zero attached hydrogens (tertiary/aromatic N) is 1. The van der Waals surface area contributed by atoms with Crippen molar-refractivity contribution in [1.29, 1.82) is 0 Å². The van der Waals surface area contributed by atoms with Gasteiger partial charge in [-0.2, -0.15) is 0 Å². The van der Waals surface area contributed by atoms with Gasteiger partial charge in [0.2, 0.25) is 6.29 Å². The van der Waals surface area contributed by atoms with E-state index in [2.05, 4.69) is 13.8 Å². The van der Waals surface area contributed by atoms with Crippen LogP contribution in [-0.4, -0.2) is 48.5 Å². The number of amides is 1. The van der Waals surface area contributed by atoms with Gasteiger partial charge in [0.25, 0.3) is 5.91 Å². The number of aliphatic hydroxyl groups excluding tert-OH is 1. The topological polar surface area (TPSA) is 59.0 Å². The van der Waals surface area contributed by atoms with Gasteiger partial charge in [-0.05, 0) is 56.9 Å². The van der Waals surface area contributed by atoms with Crippen molar-refractivity contribution < 1.29 is 19.4 Å². The quantitative estimate of drug-likeness (QED) is 0.775. The van der Waals surface area contributed by atoms with Crippen molar-refractivity contribution in [1.82, 2.24) is 4.90 Å². The molecule has 0 radical (unpaired) electrons. The summed E-state index contributed by atoms with van der Waals surface area (Å²) in [5.74, 6) is 1.25. The molecule has 2 aliphatic heterocycles. The van der Waals surface area contributed by atoms with Crippen LogP contribution in [0.1, 0.15) is 52.9 Å². The van der Waals surface area contributed by atoms with E-state index in [0.717, 1.165) is 38.8 Å². The Labute approximate surface area is 146 Å². The van der Waals surface area contributed by atoms with E-state index in [1.54, 1.807) is 0 Å². The number of likely N-dealkylation sites (tertiary alicyclic amines) is 1. The van der Waals surface area contributed by atoms with Gasteiger partial charge in [0, 0.05) is 32.2 Å². The van der Waals surface area contributed by atoms with Gasteiger partial charge >= 0.3 is 0 Å². The Balaban J connectivity index is 2.19. The predicted octanol–water partition coefficient (Wildman–Crippen LogP) is 2.94. The molecule has 1 fully saturated rings. The molecule has 24 heavy (non-hydrogen) atoms. The van der Waals surface area contributed by atoms with E-state index in [1.807, 2.05) is 17.9 Å². The molecule has 2 rings (SSSR count). The van der Waals surface area contributed by atoms with Crippen LogP contribution in [0.25, 0.3) is 0 Å². The Bertz CT molecular complexity index is 429. The highest BCUT2D eigenvalue weighted by Crippen LogP contribution is 2.37. The van der Waals surface area contributed by atoms with Gasteiger partial charge in [0.15, 0.2) is 5.76 Å². The SMILES string of the molecule is CCO[C@H]1OC(C(=O)N2CCCCC2)=C[C@@H](C(C)C)[C@H]1CCCO. The molecular weight excluding hydrogens is 306 g/mol. The minimum absolute atomic E-state index is 0.00524. The number of aliphatic hydroxyl groups is 1. The zero-order valence-electron chi connectivity index (χ0n) is 15.4. The van der Waals surface area contributed by atoms with E-state index in [0.29, 0.717) is 18.3 Å². The van der Waals surface area contributed by atoms with E-state index in [-0.39, 0.29) is 24.3 Å². The van der Waals surface area contributed by atoms with Crippen molar-refractivity contribution in [2.24, 2.45) is 17.8 Å². The molecule has 0 aliphatic carbocycles. The first-order valence-electron chi connectivity index (χ1n) is 9.48. The monoisotopic (exact) mass is 339 g/mol. The third kappa shape index (κ3) is 4.73. The molecular formula is C19H33NO4. The number of ether oxygens (including phenoxy) is 2. The molecule has 5 nitrogen and oxygen atoms in total. The first-order chi connectivity index (χ1) is 11.6. The van der Waals surface area contributed by atoms with Crippen molar-refractivity contribution in [3.05, 3.63) is 11.8 Å². The second-order valence-corrected chi connectivity index (χ2v) is 7.18. The van der Waals surface area contributed by atoms with Gasteiger partial charge < -0.3 is 19.5 Å². The molecule has 0 saturated carbocycles. The maximum absolute atomic E-state index is 12.8. The van der Waals surface area contributed by atoms with E-state index in [9.17, 15) is 9.90 Å². The maximum Gasteiger partial charge on any atom is 0.288 e. The molecule has 2 aliphatic rings. The normalized spacial score (nSPS) is 27.8. The van der Waals surface area contributed by atoms with Crippen molar-refractivity contribution in [2.75, 3.05) is 26.3 Å². The van der Waals surface area contributed by atoms with Crippen molar-refractivity contribution in [2.45, 2.75) is 59.2 Å². The standard InChI is InChI=1S/C19H33NO4/c1-4-23-19-15(9-8-12-21)16(14(2)3)13-17(24-19)18(22)20-10-6-5-7-11-20/h13-16,19,21H,4-12H2,1-3H3/t15-,16+,19+/m1/s1. The van der Waals surface area contributed by atoms with Crippen LogP contribution in [0.3, 0.4) is 0 Å². The number of allylic oxidation sites excluding steroid dienone is 1. The minimum atomic E-state index is -0.400. The zero-order valence-corrected chi connectivity index (χ0v) is 15.4. The molecule has 0 spiro atoms. The minimum Gasteiger partial charge on any atom is -0.459 e. The van der Waals surface area contributed by atoms with Crippen LogP contribution in [0.2, 0.25) is 0 Å². The first-order valence-corrected chi connectivity index (χ1v) is 9.48. The summed E-state index contributed by atoms with van der Waals surface area (Å²) in [7, 11) is 0. The molecule has 0 aromatic heterocycles. The zero-order chi connectivity index (χ0) is 17.5. The lowest BCUT2D eigenvalue weighted by Gasteiger charge is -2.39. The average molecular weight is 339 g/mol. The fourth-order valence-electron chi connectivity index (χ4n) is 3.77. The molecule has 1 amide bonds. The summed E-state index contributed by atoms with van der Waals surface area (Å²) in [6.45, 7) is 8.65. The third-order valence-corrected chi connectivity index (χ3v) is 5.08. The summed E-state index contributed by atoms with van der Waals surface area (Å²) in [4.78, 5) is 14.7. The summed E-state index contributed by atoms with van der Waals surface area (Å²) in [5, 5.41) is 9.19. The van der Waals surface area contributed by atoms with Crippen LogP contribution in [0, 0.1) is 17.8 Å². The maximum atomic E-state index is 12.8. The predicted molar refractivity (Wildman–Crippen MR) is 93.2 cm³/mol. The third-order valence-electron chi connectivity index (χ3n) is 5.08. The summed E-state index contributed by atoms with van der Waals surface area (Å²) in [5.41, 5.74) is 0. The molecule has 138 valence electrons. The Morgan fingerprint density at radius 3 is 2.67 bits per heavy atom. The van der Waals surface area contributed by atoms with Crippen LogP contribution < -0.4 is 0 Å². The lowest BCUT2D eigenvalue weighted by molar-refractivity contribution is -0.178. The molecule has 0 aromatic rings. The Morgan fingerprint density at radius 1 is 1.38 bits per heavy atom. The fraction of sp³-hybridized carbons (Fsp3) is 0.842. The van der Waals surface area contributed by atoms with E-state index >= 15 is 0 Å². The lowest BCUT2D eigenvalue weighted by Crippen LogP contribution is -2.43. The van der Waals surface area contributed by atoms with Crippen LogP contribution in [0.5, 0.6) is 0 Å². The molecule has 2 heterocycles. The van der Waals surface area contributed by atoms with Gasteiger partial charge in [-0.25, -0.2) is 0 Å². The van der Waals surface area contributed by atoms with E-state index in [1.165, 1.54) is 6.42 Å². The Morgan fingerprint density at radius 2 is 2.08 bits per heavy atom. The Hall–Kier alpha value is -1.07. The van der Waals surface area contributed by atoms with E-state index < -0.39 is 6.29 Å². The molecule has 0 bridgehead atoms. The van der Waals surface area contributed by atoms with Crippen LogP contribution in [0.15, 0.2) is 11.8 Å². The fourth-order valence-corrected chi connectivity index (χ4v) is 3.77. The van der Waals surface area contributed by atoms with Crippen molar-refractivity contribution in [3.63, 3.8) is 0 Å². The number of rotatable bonds is 7. The summed E-state index contributed by atoms with van der Waals surface area (Å²) in [6.07, 6.45) is 6.52. The van der Waals surface area contributed by atoms with Crippen LogP contribution >= 0.6 is 0 Å². The molecule has 1 N–H and O–H groups in total. The molecule has 0 unspecified atom stereocenters. The van der Waals surface area contributed by atoms with Crippen LogP contribution in [-0.2, 0) is 14.3 Å².